The van der Waals surface area contributed by atoms with Crippen LogP contribution in [0.5, 0.6) is 0 Å². The molecular formula is C19H18ClN7O. The van der Waals surface area contributed by atoms with Gasteiger partial charge in [0.1, 0.15) is 17.2 Å². The maximum absolute atomic E-state index is 12.9. The van der Waals surface area contributed by atoms with Crippen LogP contribution < -0.4 is 10.6 Å². The summed E-state index contributed by atoms with van der Waals surface area (Å²) in [5, 5.41) is 15.3. The van der Waals surface area contributed by atoms with Gasteiger partial charge in [-0.1, -0.05) is 17.7 Å². The quantitative estimate of drug-likeness (QED) is 0.539. The zero-order chi connectivity index (χ0) is 19.7. The molecule has 2 N–H and O–H groups in total. The van der Waals surface area contributed by atoms with Crippen LogP contribution in [-0.4, -0.2) is 36.8 Å². The third kappa shape index (κ3) is 3.41. The summed E-state index contributed by atoms with van der Waals surface area (Å²) in [6, 6.07) is 10.9. The summed E-state index contributed by atoms with van der Waals surface area (Å²) >= 11 is 6.09. The first-order valence-corrected chi connectivity index (χ1v) is 9.15. The molecule has 3 aromatic heterocycles. The molecule has 0 saturated carbocycles. The molecule has 0 bridgehead atoms. The van der Waals surface area contributed by atoms with E-state index in [1.54, 1.807) is 33.6 Å². The highest BCUT2D eigenvalue weighted by Crippen LogP contribution is 2.21. The van der Waals surface area contributed by atoms with E-state index in [1.807, 2.05) is 32.0 Å². The predicted molar refractivity (Wildman–Crippen MR) is 108 cm³/mol. The van der Waals surface area contributed by atoms with Crippen LogP contribution in [0, 0.1) is 6.92 Å². The van der Waals surface area contributed by atoms with Gasteiger partial charge in [-0.2, -0.15) is 10.2 Å². The molecule has 28 heavy (non-hydrogen) atoms. The molecule has 4 aromatic rings. The third-order valence-corrected chi connectivity index (χ3v) is 4.33. The third-order valence-electron chi connectivity index (χ3n) is 4.10. The summed E-state index contributed by atoms with van der Waals surface area (Å²) in [5.74, 6) is 0.899. The van der Waals surface area contributed by atoms with Gasteiger partial charge in [0.2, 0.25) is 0 Å². The Labute approximate surface area is 166 Å². The fourth-order valence-electron chi connectivity index (χ4n) is 2.89. The molecule has 0 fully saturated rings. The van der Waals surface area contributed by atoms with Gasteiger partial charge in [-0.3, -0.25) is 4.79 Å². The molecular weight excluding hydrogens is 378 g/mol. The van der Waals surface area contributed by atoms with E-state index in [-0.39, 0.29) is 5.91 Å². The van der Waals surface area contributed by atoms with Gasteiger partial charge in [0, 0.05) is 23.8 Å². The zero-order valence-electron chi connectivity index (χ0n) is 15.3. The molecule has 0 saturated heterocycles. The molecule has 9 heteroatoms. The van der Waals surface area contributed by atoms with E-state index < -0.39 is 0 Å². The number of hydrogen-bond donors (Lipinski definition) is 2. The molecule has 0 spiro atoms. The van der Waals surface area contributed by atoms with Gasteiger partial charge in [-0.05, 0) is 38.1 Å². The number of carbonyl (C=O) groups excluding carboxylic acids is 1. The second-order valence-electron chi connectivity index (χ2n) is 6.19. The molecule has 3 heterocycles. The van der Waals surface area contributed by atoms with Gasteiger partial charge in [-0.25, -0.2) is 14.2 Å². The van der Waals surface area contributed by atoms with Crippen molar-refractivity contribution >= 4 is 34.8 Å². The highest BCUT2D eigenvalue weighted by Gasteiger charge is 2.17. The van der Waals surface area contributed by atoms with Gasteiger partial charge < -0.3 is 10.6 Å². The lowest BCUT2D eigenvalue weighted by molar-refractivity contribution is 0.102. The van der Waals surface area contributed by atoms with Crippen molar-refractivity contribution in [1.29, 1.82) is 0 Å². The first-order chi connectivity index (χ1) is 13.5. The minimum Gasteiger partial charge on any atom is -0.370 e. The Morgan fingerprint density at radius 3 is 2.89 bits per heavy atom. The fraction of sp³-hybridized carbons (Fsp3) is 0.158. The van der Waals surface area contributed by atoms with E-state index in [0.717, 1.165) is 17.9 Å². The minimum atomic E-state index is -0.320. The molecule has 8 nitrogen and oxygen atoms in total. The molecule has 142 valence electrons. The SMILES string of the molecule is CCNc1ccn2ncc(C(=O)Nc3cc(C)nn3-c3cccc(Cl)c3)c2n1. The Morgan fingerprint density at radius 2 is 2.11 bits per heavy atom. The van der Waals surface area contributed by atoms with E-state index in [4.69, 9.17) is 11.6 Å². The number of amides is 1. The van der Waals surface area contributed by atoms with Crippen LogP contribution >= 0.6 is 11.6 Å². The highest BCUT2D eigenvalue weighted by molar-refractivity contribution is 6.30. The molecule has 4 rings (SSSR count). The van der Waals surface area contributed by atoms with Gasteiger partial charge >= 0.3 is 0 Å². The minimum absolute atomic E-state index is 0.320. The number of halogens is 1. The fourth-order valence-corrected chi connectivity index (χ4v) is 3.07. The van der Waals surface area contributed by atoms with Crippen LogP contribution in [0.2, 0.25) is 5.02 Å². The van der Waals surface area contributed by atoms with Crippen LogP contribution in [0.1, 0.15) is 23.0 Å². The number of fused-ring (bicyclic) bond motifs is 1. The Balaban J connectivity index is 1.68. The largest absolute Gasteiger partial charge is 0.370 e. The molecule has 1 aromatic carbocycles. The van der Waals surface area contributed by atoms with Crippen LogP contribution in [0.15, 0.2) is 48.8 Å². The number of nitrogens with one attached hydrogen (secondary N) is 2. The Kier molecular flexibility index (Phi) is 4.70. The van der Waals surface area contributed by atoms with E-state index in [1.165, 1.54) is 6.20 Å². The zero-order valence-corrected chi connectivity index (χ0v) is 16.1. The smallest absolute Gasteiger partial charge is 0.262 e. The molecule has 0 atom stereocenters. The maximum Gasteiger partial charge on any atom is 0.262 e. The summed E-state index contributed by atoms with van der Waals surface area (Å²) in [7, 11) is 0. The summed E-state index contributed by atoms with van der Waals surface area (Å²) in [6.07, 6.45) is 3.26. The van der Waals surface area contributed by atoms with E-state index >= 15 is 0 Å². The molecule has 0 aliphatic rings. The normalized spacial score (nSPS) is 11.0. The molecule has 0 aliphatic carbocycles. The van der Waals surface area contributed by atoms with E-state index in [0.29, 0.717) is 27.9 Å². The van der Waals surface area contributed by atoms with Crippen LogP contribution in [0.3, 0.4) is 0 Å². The van der Waals surface area contributed by atoms with Crippen molar-refractivity contribution < 1.29 is 4.79 Å². The molecule has 0 unspecified atom stereocenters. The number of hydrogen-bond acceptors (Lipinski definition) is 5. The van der Waals surface area contributed by atoms with Crippen molar-refractivity contribution in [2.45, 2.75) is 13.8 Å². The van der Waals surface area contributed by atoms with Crippen molar-refractivity contribution in [2.24, 2.45) is 0 Å². The van der Waals surface area contributed by atoms with Crippen molar-refractivity contribution in [2.75, 3.05) is 17.2 Å². The van der Waals surface area contributed by atoms with Crippen molar-refractivity contribution in [1.82, 2.24) is 24.4 Å². The lowest BCUT2D eigenvalue weighted by Gasteiger charge is -2.09. The lowest BCUT2D eigenvalue weighted by Crippen LogP contribution is -2.15. The monoisotopic (exact) mass is 395 g/mol. The Morgan fingerprint density at radius 1 is 1.25 bits per heavy atom. The Hall–Kier alpha value is -3.39. The second kappa shape index (κ2) is 7.32. The summed E-state index contributed by atoms with van der Waals surface area (Å²) in [6.45, 7) is 4.57. The number of aromatic nitrogens is 5. The summed E-state index contributed by atoms with van der Waals surface area (Å²) < 4.78 is 3.21. The standard InChI is InChI=1S/C19H18ClN7O/c1-3-21-16-7-8-26-18(23-16)15(11-22-26)19(28)24-17-9-12(2)25-27(17)14-6-4-5-13(20)10-14/h4-11H,3H2,1-2H3,(H,21,23)(H,24,28). The lowest BCUT2D eigenvalue weighted by atomic mass is 10.3. The van der Waals surface area contributed by atoms with Gasteiger partial charge in [0.05, 0.1) is 17.6 Å². The average molecular weight is 396 g/mol. The first kappa shape index (κ1) is 18.0. The molecule has 0 aliphatic heterocycles. The topological polar surface area (TPSA) is 89.1 Å². The number of anilines is 2. The summed E-state index contributed by atoms with van der Waals surface area (Å²) in [5.41, 5.74) is 2.36. The van der Waals surface area contributed by atoms with Crippen LogP contribution in [0.25, 0.3) is 11.3 Å². The van der Waals surface area contributed by atoms with Crippen molar-refractivity contribution in [3.63, 3.8) is 0 Å². The van der Waals surface area contributed by atoms with E-state index in [9.17, 15) is 4.79 Å². The second-order valence-corrected chi connectivity index (χ2v) is 6.62. The number of aryl methyl sites for hydroxylation is 1. The van der Waals surface area contributed by atoms with Crippen LogP contribution in [-0.2, 0) is 0 Å². The molecule has 0 radical (unpaired) electrons. The highest BCUT2D eigenvalue weighted by atomic mass is 35.5. The van der Waals surface area contributed by atoms with Gasteiger partial charge in [0.15, 0.2) is 5.65 Å². The number of carbonyl (C=O) groups is 1. The van der Waals surface area contributed by atoms with E-state index in [2.05, 4.69) is 25.8 Å². The average Bonchev–Trinajstić information content (AvgIpc) is 3.25. The number of benzene rings is 1. The molecule has 1 amide bonds. The summed E-state index contributed by atoms with van der Waals surface area (Å²) in [4.78, 5) is 17.4. The Bertz CT molecular complexity index is 1160. The van der Waals surface area contributed by atoms with Gasteiger partial charge in [0.25, 0.3) is 5.91 Å². The van der Waals surface area contributed by atoms with Gasteiger partial charge in [-0.15, -0.1) is 0 Å². The predicted octanol–water partition coefficient (Wildman–Crippen LogP) is 3.56. The maximum atomic E-state index is 12.9. The number of nitrogens with zero attached hydrogens (tertiary/aromatic N) is 5. The number of rotatable bonds is 5. The first-order valence-electron chi connectivity index (χ1n) is 8.77. The van der Waals surface area contributed by atoms with Crippen molar-refractivity contribution in [3.8, 4) is 5.69 Å². The van der Waals surface area contributed by atoms with Crippen LogP contribution in [0.4, 0.5) is 11.6 Å². The van der Waals surface area contributed by atoms with Crippen molar-refractivity contribution in [3.05, 3.63) is 65.1 Å².